The van der Waals surface area contributed by atoms with Gasteiger partial charge in [-0.3, -0.25) is 0 Å². The van der Waals surface area contributed by atoms with Gasteiger partial charge in [0.2, 0.25) is 0 Å². The van der Waals surface area contributed by atoms with Crippen LogP contribution in [0.5, 0.6) is 0 Å². The Hall–Kier alpha value is -2.30. The third kappa shape index (κ3) is 2.34. The minimum atomic E-state index is 0.131. The van der Waals surface area contributed by atoms with Gasteiger partial charge in [-0.1, -0.05) is 12.1 Å². The molecule has 0 fully saturated rings. The number of hydrogen-bond donors (Lipinski definition) is 2. The Morgan fingerprint density at radius 1 is 1.07 bits per heavy atom. The lowest BCUT2D eigenvalue weighted by molar-refractivity contribution is 0.412. The van der Waals surface area contributed by atoms with Gasteiger partial charge in [-0.15, -0.1) is 0 Å². The normalized spacial score (nSPS) is 10.9. The number of anilines is 2. The Balaban J connectivity index is 2.14. The number of rotatable bonds is 2. The minimum absolute atomic E-state index is 0.131. The number of nitrogens with two attached hydrogens (primary N) is 2. The zero-order chi connectivity index (χ0) is 10.7. The molecule has 0 bridgehead atoms. The van der Waals surface area contributed by atoms with E-state index in [0.29, 0.717) is 5.89 Å². The van der Waals surface area contributed by atoms with Crippen molar-refractivity contribution in [2.24, 2.45) is 0 Å². The molecule has 1 heterocycles. The molecular weight excluding hydrogens is 192 g/mol. The van der Waals surface area contributed by atoms with E-state index in [1.165, 1.54) is 0 Å². The fraction of sp³-hybridized carbons (Fsp3) is 0. The van der Waals surface area contributed by atoms with Crippen molar-refractivity contribution >= 4 is 23.8 Å². The van der Waals surface area contributed by atoms with E-state index in [-0.39, 0.29) is 5.95 Å². The number of aromatic nitrogens is 2. The highest BCUT2D eigenvalue weighted by Gasteiger charge is 1.96. The van der Waals surface area contributed by atoms with Crippen LogP contribution in [0.15, 0.2) is 28.8 Å². The zero-order valence-electron chi connectivity index (χ0n) is 7.92. The van der Waals surface area contributed by atoms with Gasteiger partial charge in [0.1, 0.15) is 0 Å². The highest BCUT2D eigenvalue weighted by molar-refractivity contribution is 5.67. The van der Waals surface area contributed by atoms with Crippen molar-refractivity contribution in [1.29, 1.82) is 0 Å². The average Bonchev–Trinajstić information content (AvgIpc) is 2.64. The van der Waals surface area contributed by atoms with Crippen molar-refractivity contribution < 1.29 is 4.52 Å². The van der Waals surface area contributed by atoms with Gasteiger partial charge in [0, 0.05) is 11.8 Å². The third-order valence-electron chi connectivity index (χ3n) is 1.81. The molecule has 0 aliphatic rings. The molecule has 2 aromatic rings. The molecule has 0 atom stereocenters. The van der Waals surface area contributed by atoms with Crippen molar-refractivity contribution in [2.45, 2.75) is 0 Å². The Morgan fingerprint density at radius 2 is 1.80 bits per heavy atom. The first-order chi connectivity index (χ1) is 7.24. The van der Waals surface area contributed by atoms with Gasteiger partial charge in [0.15, 0.2) is 0 Å². The molecule has 0 saturated carbocycles. The summed E-state index contributed by atoms with van der Waals surface area (Å²) in [4.78, 5) is 3.83. The first-order valence-corrected chi connectivity index (χ1v) is 4.37. The minimum Gasteiger partial charge on any atom is -0.399 e. The van der Waals surface area contributed by atoms with Crippen LogP contribution in [-0.2, 0) is 0 Å². The lowest BCUT2D eigenvalue weighted by Gasteiger charge is -1.93. The Morgan fingerprint density at radius 3 is 2.40 bits per heavy atom. The predicted octanol–water partition coefficient (Wildman–Crippen LogP) is 1.40. The van der Waals surface area contributed by atoms with Crippen LogP contribution in [-0.4, -0.2) is 10.1 Å². The first kappa shape index (κ1) is 9.26. The van der Waals surface area contributed by atoms with Crippen molar-refractivity contribution in [3.63, 3.8) is 0 Å². The summed E-state index contributed by atoms with van der Waals surface area (Å²) in [6.07, 6.45) is 3.53. The molecule has 4 N–H and O–H groups in total. The molecule has 0 radical (unpaired) electrons. The van der Waals surface area contributed by atoms with E-state index in [9.17, 15) is 0 Å². The summed E-state index contributed by atoms with van der Waals surface area (Å²) in [6.45, 7) is 0. The topological polar surface area (TPSA) is 91.0 Å². The van der Waals surface area contributed by atoms with E-state index in [2.05, 4.69) is 10.1 Å². The molecule has 0 unspecified atom stereocenters. The number of benzene rings is 1. The van der Waals surface area contributed by atoms with Crippen molar-refractivity contribution in [3.05, 3.63) is 35.7 Å². The molecule has 0 amide bonds. The summed E-state index contributed by atoms with van der Waals surface area (Å²) >= 11 is 0. The lowest BCUT2D eigenvalue weighted by atomic mass is 10.2. The highest BCUT2D eigenvalue weighted by Crippen LogP contribution is 2.09. The van der Waals surface area contributed by atoms with Crippen molar-refractivity contribution in [2.75, 3.05) is 11.5 Å². The molecule has 0 aliphatic heterocycles. The molecule has 0 saturated heterocycles. The monoisotopic (exact) mass is 202 g/mol. The van der Waals surface area contributed by atoms with Crippen LogP contribution in [0.1, 0.15) is 11.5 Å². The van der Waals surface area contributed by atoms with Gasteiger partial charge in [0.25, 0.3) is 11.8 Å². The molecule has 15 heavy (non-hydrogen) atoms. The third-order valence-corrected chi connectivity index (χ3v) is 1.81. The van der Waals surface area contributed by atoms with E-state index >= 15 is 0 Å². The molecular formula is C10H10N4O. The maximum atomic E-state index is 5.56. The summed E-state index contributed by atoms with van der Waals surface area (Å²) in [5.74, 6) is 0.510. The second-order valence-corrected chi connectivity index (χ2v) is 2.99. The molecule has 5 heteroatoms. The summed E-state index contributed by atoms with van der Waals surface area (Å²) < 4.78 is 4.81. The van der Waals surface area contributed by atoms with Crippen molar-refractivity contribution in [1.82, 2.24) is 10.1 Å². The van der Waals surface area contributed by atoms with E-state index in [1.54, 1.807) is 6.08 Å². The largest absolute Gasteiger partial charge is 0.399 e. The average molecular weight is 202 g/mol. The second kappa shape index (κ2) is 3.83. The summed E-state index contributed by atoms with van der Waals surface area (Å²) in [5, 5.41) is 3.46. The van der Waals surface area contributed by atoms with Crippen molar-refractivity contribution in [3.8, 4) is 0 Å². The van der Waals surface area contributed by atoms with Crippen LogP contribution < -0.4 is 11.5 Å². The van der Waals surface area contributed by atoms with E-state index in [4.69, 9.17) is 16.0 Å². The van der Waals surface area contributed by atoms with Crippen LogP contribution in [0, 0.1) is 0 Å². The summed E-state index contributed by atoms with van der Waals surface area (Å²) in [5.41, 5.74) is 12.6. The summed E-state index contributed by atoms with van der Waals surface area (Å²) in [7, 11) is 0. The maximum absolute atomic E-state index is 5.56. The first-order valence-electron chi connectivity index (χ1n) is 4.37. The Bertz CT molecular complexity index is 472. The Labute approximate surface area is 86.4 Å². The fourth-order valence-corrected chi connectivity index (χ4v) is 1.09. The maximum Gasteiger partial charge on any atom is 0.261 e. The second-order valence-electron chi connectivity index (χ2n) is 2.99. The van der Waals surface area contributed by atoms with Gasteiger partial charge in [0.05, 0.1) is 0 Å². The van der Waals surface area contributed by atoms with E-state index in [1.807, 2.05) is 30.3 Å². The molecule has 1 aromatic carbocycles. The number of nitrogens with zero attached hydrogens (tertiary/aromatic N) is 2. The van der Waals surface area contributed by atoms with Gasteiger partial charge in [-0.25, -0.2) is 0 Å². The molecule has 0 spiro atoms. The molecule has 2 rings (SSSR count). The van der Waals surface area contributed by atoms with Crippen LogP contribution in [0.25, 0.3) is 12.2 Å². The molecule has 5 nitrogen and oxygen atoms in total. The number of nitrogen functional groups attached to an aromatic ring is 2. The smallest absolute Gasteiger partial charge is 0.261 e. The molecule has 76 valence electrons. The van der Waals surface area contributed by atoms with Gasteiger partial charge in [-0.05, 0) is 28.9 Å². The summed E-state index contributed by atoms with van der Waals surface area (Å²) in [6, 6.07) is 7.43. The predicted molar refractivity (Wildman–Crippen MR) is 58.5 cm³/mol. The molecule has 1 aromatic heterocycles. The zero-order valence-corrected chi connectivity index (χ0v) is 7.92. The van der Waals surface area contributed by atoms with Crippen LogP contribution in [0.4, 0.5) is 11.6 Å². The quantitative estimate of drug-likeness (QED) is 0.718. The number of hydrogen-bond acceptors (Lipinski definition) is 5. The van der Waals surface area contributed by atoms with E-state index in [0.717, 1.165) is 11.3 Å². The Kier molecular flexibility index (Phi) is 2.37. The highest BCUT2D eigenvalue weighted by atomic mass is 16.5. The van der Waals surface area contributed by atoms with Crippen LogP contribution >= 0.6 is 0 Å². The fourth-order valence-electron chi connectivity index (χ4n) is 1.09. The standard InChI is InChI=1S/C10H10N4O/c11-8-4-1-7(2-5-8)3-6-9-13-10(12)14-15-9/h1-6H,11H2,(H2,12,14)/b6-3+. The SMILES string of the molecule is Nc1ccc(/C=C/c2nc(N)no2)cc1. The van der Waals surface area contributed by atoms with E-state index < -0.39 is 0 Å². The van der Waals surface area contributed by atoms with Crippen LogP contribution in [0.3, 0.4) is 0 Å². The van der Waals surface area contributed by atoms with Gasteiger partial charge >= 0.3 is 0 Å². The van der Waals surface area contributed by atoms with Crippen LogP contribution in [0.2, 0.25) is 0 Å². The molecule has 0 aliphatic carbocycles. The van der Waals surface area contributed by atoms with Gasteiger partial charge in [-0.2, -0.15) is 4.98 Å². The van der Waals surface area contributed by atoms with Gasteiger partial charge < -0.3 is 16.0 Å². The lowest BCUT2D eigenvalue weighted by Crippen LogP contribution is -1.85.